The first kappa shape index (κ1) is 43.6. The highest BCUT2D eigenvalue weighted by atomic mass is 35.5. The average Bonchev–Trinajstić information content (AvgIpc) is 3.57. The summed E-state index contributed by atoms with van der Waals surface area (Å²) >= 11 is 7.57. The highest BCUT2D eigenvalue weighted by Gasteiger charge is 2.36. The van der Waals surface area contributed by atoms with Crippen molar-refractivity contribution in [1.82, 2.24) is 14.9 Å². The standard InChI is InChI=1S/C44H46ClF3N6O3S2/c1-43(2)29-54(30-51-43)25-22-36(28-58-37-9-4-3-5-10-37)52-41-21-20-38(26-40(41)44(46,47)48)59(56,57)53-42(55)32-14-18-35(19-15-32)50-24-23-49-27-33-8-6-7-11-39(33)31-12-16-34(45)17-13-31/h3-21,26,30,36,49-50,52H,22-25,27-29H2,1-2H3,(H,53,55)/t36-/m1/s1. The summed E-state index contributed by atoms with van der Waals surface area (Å²) < 4.78 is 72.2. The van der Waals surface area contributed by atoms with Crippen molar-refractivity contribution in [3.05, 3.63) is 143 Å². The number of thioether (sulfide) groups is 1. The molecule has 310 valence electrons. The fourth-order valence-electron chi connectivity index (χ4n) is 6.54. The number of halogens is 4. The van der Waals surface area contributed by atoms with Crippen molar-refractivity contribution in [2.45, 2.75) is 54.4 Å². The third-order valence-corrected chi connectivity index (χ3v) is 12.3. The van der Waals surface area contributed by atoms with Crippen molar-refractivity contribution in [1.29, 1.82) is 0 Å². The van der Waals surface area contributed by atoms with Gasteiger partial charge < -0.3 is 20.9 Å². The molecule has 0 saturated heterocycles. The van der Waals surface area contributed by atoms with Crippen LogP contribution in [-0.2, 0) is 22.7 Å². The van der Waals surface area contributed by atoms with E-state index in [0.29, 0.717) is 61.7 Å². The molecule has 0 saturated carbocycles. The van der Waals surface area contributed by atoms with E-state index in [-0.39, 0.29) is 16.8 Å². The molecule has 5 aromatic carbocycles. The first-order valence-corrected chi connectivity index (χ1v) is 21.9. The van der Waals surface area contributed by atoms with Gasteiger partial charge in [0.05, 0.1) is 22.3 Å². The maximum Gasteiger partial charge on any atom is 0.418 e. The predicted octanol–water partition coefficient (Wildman–Crippen LogP) is 9.43. The van der Waals surface area contributed by atoms with E-state index in [1.165, 1.54) is 23.9 Å². The lowest BCUT2D eigenvalue weighted by Crippen LogP contribution is -2.34. The number of anilines is 2. The number of hydrogen-bond donors (Lipinski definition) is 4. The van der Waals surface area contributed by atoms with E-state index in [9.17, 15) is 26.4 Å². The lowest BCUT2D eigenvalue weighted by Gasteiger charge is -2.26. The van der Waals surface area contributed by atoms with Gasteiger partial charge in [-0.15, -0.1) is 11.8 Å². The Bertz CT molecular complexity index is 2330. The molecule has 0 radical (unpaired) electrons. The van der Waals surface area contributed by atoms with Gasteiger partial charge >= 0.3 is 6.18 Å². The molecule has 1 aliphatic heterocycles. The molecular weight excluding hydrogens is 817 g/mol. The normalized spacial score (nSPS) is 14.2. The van der Waals surface area contributed by atoms with Crippen LogP contribution in [0.25, 0.3) is 11.1 Å². The third-order valence-electron chi connectivity index (χ3n) is 9.58. The predicted molar refractivity (Wildman–Crippen MR) is 233 cm³/mol. The van der Waals surface area contributed by atoms with Crippen LogP contribution in [0.5, 0.6) is 0 Å². The van der Waals surface area contributed by atoms with Crippen LogP contribution in [0.4, 0.5) is 24.5 Å². The minimum atomic E-state index is -4.89. The zero-order valence-electron chi connectivity index (χ0n) is 32.6. The zero-order chi connectivity index (χ0) is 42.0. The molecule has 0 unspecified atom stereocenters. The van der Waals surface area contributed by atoms with E-state index in [1.807, 2.05) is 90.2 Å². The molecule has 5 aromatic rings. The second kappa shape index (κ2) is 19.4. The number of hydrogen-bond acceptors (Lipinski definition) is 9. The van der Waals surface area contributed by atoms with Gasteiger partial charge in [0.1, 0.15) is 0 Å². The number of sulfonamides is 1. The highest BCUT2D eigenvalue weighted by Crippen LogP contribution is 2.37. The van der Waals surface area contributed by atoms with Crippen molar-refractivity contribution in [2.24, 2.45) is 4.99 Å². The van der Waals surface area contributed by atoms with E-state index >= 15 is 0 Å². The smallest absolute Gasteiger partial charge is 0.384 e. The summed E-state index contributed by atoms with van der Waals surface area (Å²) in [6, 6.07) is 33.8. The summed E-state index contributed by atoms with van der Waals surface area (Å²) in [7, 11) is -4.67. The Morgan fingerprint density at radius 1 is 0.915 bits per heavy atom. The summed E-state index contributed by atoms with van der Waals surface area (Å²) in [5.41, 5.74) is 2.39. The molecule has 0 aromatic heterocycles. The molecule has 59 heavy (non-hydrogen) atoms. The quantitative estimate of drug-likeness (QED) is 0.0509. The molecule has 0 spiro atoms. The molecule has 0 fully saturated rings. The number of benzene rings is 5. The van der Waals surface area contributed by atoms with Crippen LogP contribution >= 0.6 is 23.4 Å². The summed E-state index contributed by atoms with van der Waals surface area (Å²) in [6.45, 7) is 7.12. The van der Waals surface area contributed by atoms with E-state index in [2.05, 4.69) is 33.1 Å². The molecule has 4 N–H and O–H groups in total. The van der Waals surface area contributed by atoms with E-state index in [0.717, 1.165) is 33.7 Å². The molecule has 15 heteroatoms. The van der Waals surface area contributed by atoms with Crippen molar-refractivity contribution in [2.75, 3.05) is 42.6 Å². The molecule has 1 aliphatic rings. The second-order valence-electron chi connectivity index (χ2n) is 14.8. The minimum Gasteiger partial charge on any atom is -0.384 e. The number of nitrogens with one attached hydrogen (secondary N) is 4. The molecule has 1 heterocycles. The maximum atomic E-state index is 14.5. The third kappa shape index (κ3) is 12.5. The van der Waals surface area contributed by atoms with Crippen LogP contribution in [-0.4, -0.2) is 69.1 Å². The Labute approximate surface area is 352 Å². The fourth-order valence-corrected chi connectivity index (χ4v) is 8.66. The topological polar surface area (TPSA) is 115 Å². The number of nitrogens with zero attached hydrogens (tertiary/aromatic N) is 2. The number of amides is 1. The molecule has 6 rings (SSSR count). The Balaban J connectivity index is 1.05. The maximum absolute atomic E-state index is 14.5. The first-order chi connectivity index (χ1) is 28.1. The van der Waals surface area contributed by atoms with Crippen molar-refractivity contribution >= 4 is 57.0 Å². The summed E-state index contributed by atoms with van der Waals surface area (Å²) in [4.78, 5) is 19.9. The van der Waals surface area contributed by atoms with Crippen LogP contribution in [0.1, 0.15) is 41.8 Å². The average molecular weight is 863 g/mol. The fraction of sp³-hybridized carbons (Fsp3) is 0.273. The molecular formula is C44H46ClF3N6O3S2. The minimum absolute atomic E-state index is 0.0237. The number of rotatable bonds is 18. The Morgan fingerprint density at radius 2 is 1.63 bits per heavy atom. The monoisotopic (exact) mass is 862 g/mol. The van der Waals surface area contributed by atoms with Crippen LogP contribution in [0, 0.1) is 0 Å². The van der Waals surface area contributed by atoms with Gasteiger partial charge in [-0.05, 0) is 104 Å². The Morgan fingerprint density at radius 3 is 2.32 bits per heavy atom. The highest BCUT2D eigenvalue weighted by molar-refractivity contribution is 7.99. The lowest BCUT2D eigenvalue weighted by atomic mass is 10.00. The second-order valence-corrected chi connectivity index (χ2v) is 18.0. The summed E-state index contributed by atoms with van der Waals surface area (Å²) in [5.74, 6) is -0.516. The zero-order valence-corrected chi connectivity index (χ0v) is 35.0. The molecule has 9 nitrogen and oxygen atoms in total. The van der Waals surface area contributed by atoms with Gasteiger partial charge in [0, 0.05) is 71.4 Å². The van der Waals surface area contributed by atoms with Gasteiger partial charge in [0.15, 0.2) is 0 Å². The number of aliphatic imine (C=N–C) groups is 1. The van der Waals surface area contributed by atoms with E-state index < -0.39 is 38.6 Å². The van der Waals surface area contributed by atoms with Crippen LogP contribution in [0.3, 0.4) is 0 Å². The number of carbonyl (C=O) groups is 1. The van der Waals surface area contributed by atoms with Crippen LogP contribution in [0.15, 0.2) is 136 Å². The number of alkyl halides is 3. The van der Waals surface area contributed by atoms with Gasteiger partial charge in [0.25, 0.3) is 15.9 Å². The van der Waals surface area contributed by atoms with Crippen molar-refractivity contribution in [3.8, 4) is 11.1 Å². The van der Waals surface area contributed by atoms with Gasteiger partial charge in [-0.1, -0.05) is 66.2 Å². The SMILES string of the molecule is CC1(C)CN(CC[C@H](CSc2ccccc2)Nc2ccc(S(=O)(=O)NC(=O)c3ccc(NCCNCc4ccccc4-c4ccc(Cl)cc4)cc3)cc2C(F)(F)F)C=N1. The molecule has 1 atom stereocenters. The van der Waals surface area contributed by atoms with Crippen LogP contribution < -0.4 is 20.7 Å². The molecule has 0 aliphatic carbocycles. The molecule has 1 amide bonds. The van der Waals surface area contributed by atoms with Crippen LogP contribution in [0.2, 0.25) is 5.02 Å². The molecule has 0 bridgehead atoms. The number of carbonyl (C=O) groups excluding carboxylic acids is 1. The summed E-state index contributed by atoms with van der Waals surface area (Å²) in [5, 5.41) is 10.4. The van der Waals surface area contributed by atoms with Gasteiger partial charge in [-0.3, -0.25) is 9.79 Å². The van der Waals surface area contributed by atoms with Crippen molar-refractivity contribution in [3.63, 3.8) is 0 Å². The van der Waals surface area contributed by atoms with Crippen molar-refractivity contribution < 1.29 is 26.4 Å². The van der Waals surface area contributed by atoms with E-state index in [1.54, 1.807) is 18.5 Å². The van der Waals surface area contributed by atoms with Gasteiger partial charge in [-0.25, -0.2) is 13.1 Å². The van der Waals surface area contributed by atoms with Gasteiger partial charge in [0.2, 0.25) is 0 Å². The largest absolute Gasteiger partial charge is 0.418 e. The Kier molecular flexibility index (Phi) is 14.3. The van der Waals surface area contributed by atoms with Gasteiger partial charge in [-0.2, -0.15) is 13.2 Å². The van der Waals surface area contributed by atoms with E-state index in [4.69, 9.17) is 11.6 Å². The first-order valence-electron chi connectivity index (χ1n) is 19.1. The lowest BCUT2D eigenvalue weighted by molar-refractivity contribution is -0.137. The Hall–Kier alpha value is -5.02. The summed E-state index contributed by atoms with van der Waals surface area (Å²) in [6.07, 6.45) is -2.62.